The summed E-state index contributed by atoms with van der Waals surface area (Å²) in [6, 6.07) is 35.7. The quantitative estimate of drug-likeness (QED) is 0.292. The average molecular weight is 512 g/mol. The minimum atomic E-state index is -0.943. The van der Waals surface area contributed by atoms with Crippen molar-refractivity contribution in [3.63, 3.8) is 0 Å². The van der Waals surface area contributed by atoms with Gasteiger partial charge in [-0.3, -0.25) is 4.90 Å². The van der Waals surface area contributed by atoms with E-state index in [-0.39, 0.29) is 11.6 Å². The number of anilines is 2. The lowest BCUT2D eigenvalue weighted by molar-refractivity contribution is 0.0697. The van der Waals surface area contributed by atoms with Crippen molar-refractivity contribution in [3.05, 3.63) is 137 Å². The summed E-state index contributed by atoms with van der Waals surface area (Å²) in [7, 11) is 0. The number of aryl methyl sites for hydroxylation is 1. The maximum Gasteiger partial charge on any atom is 0.335 e. The molecule has 3 heterocycles. The fraction of sp³-hybridized carbons (Fsp3) is 0.0938. The first kappa shape index (κ1) is 23.0. The number of aromatic nitrogens is 2. The Morgan fingerprint density at radius 3 is 2.15 bits per heavy atom. The Kier molecular flexibility index (Phi) is 5.30. The third kappa shape index (κ3) is 3.70. The van der Waals surface area contributed by atoms with Crippen LogP contribution in [0.25, 0.3) is 5.69 Å². The van der Waals surface area contributed by atoms with Gasteiger partial charge in [0, 0.05) is 5.56 Å². The summed E-state index contributed by atoms with van der Waals surface area (Å²) in [6.07, 6.45) is 0. The van der Waals surface area contributed by atoms with Crippen molar-refractivity contribution in [1.82, 2.24) is 9.78 Å². The van der Waals surface area contributed by atoms with Crippen molar-refractivity contribution in [2.24, 2.45) is 4.99 Å². The first-order valence-electron chi connectivity index (χ1n) is 12.9. The van der Waals surface area contributed by atoms with Gasteiger partial charge < -0.3 is 10.0 Å². The van der Waals surface area contributed by atoms with Crippen LogP contribution < -0.4 is 9.80 Å². The second kappa shape index (κ2) is 8.99. The fourth-order valence-electron chi connectivity index (χ4n) is 5.58. The van der Waals surface area contributed by atoms with E-state index in [0.29, 0.717) is 6.54 Å². The third-order valence-electron chi connectivity index (χ3n) is 7.37. The molecule has 1 aromatic heterocycles. The molecule has 7 heteroatoms. The second-order valence-electron chi connectivity index (χ2n) is 9.74. The number of carboxylic acids is 1. The number of guanidine groups is 1. The normalized spacial score (nSPS) is 15.4. The standard InChI is InChI=1S/C32H25N5O2/c1-21-28-29(23-16-18-24(19-17-23)31(38)39)36-27-15-9-8-14-26(27)35(20-22-10-4-2-5-11-22)32(36)33-30(28)37(34-21)25-12-6-3-7-13-25/h2-19,29H,20H2,1H3,(H,38,39)/t29-/m0/s1. The van der Waals surface area contributed by atoms with E-state index in [9.17, 15) is 9.90 Å². The van der Waals surface area contributed by atoms with Crippen LogP contribution in [0, 0.1) is 6.92 Å². The first-order valence-corrected chi connectivity index (χ1v) is 12.9. The van der Waals surface area contributed by atoms with Crippen LogP contribution in [0.2, 0.25) is 0 Å². The van der Waals surface area contributed by atoms with E-state index in [1.807, 2.05) is 66.2 Å². The largest absolute Gasteiger partial charge is 0.478 e. The van der Waals surface area contributed by atoms with Crippen LogP contribution in [-0.2, 0) is 6.54 Å². The number of rotatable bonds is 5. The number of para-hydroxylation sites is 3. The summed E-state index contributed by atoms with van der Waals surface area (Å²) in [6.45, 7) is 2.67. The molecule has 0 saturated heterocycles. The van der Waals surface area contributed by atoms with Gasteiger partial charge in [0.25, 0.3) is 0 Å². The summed E-state index contributed by atoms with van der Waals surface area (Å²) in [4.78, 5) is 21.4. The van der Waals surface area contributed by atoms with Gasteiger partial charge in [0.1, 0.15) is 0 Å². The SMILES string of the molecule is Cc1nn(-c2ccccc2)c2c1[C@H](c1ccc(C(=O)O)cc1)N1C(=N2)N(Cc2ccccc2)c2ccccc21. The summed E-state index contributed by atoms with van der Waals surface area (Å²) >= 11 is 0. The first-order chi connectivity index (χ1) is 19.1. The predicted molar refractivity (Wildman–Crippen MR) is 152 cm³/mol. The summed E-state index contributed by atoms with van der Waals surface area (Å²) < 4.78 is 1.91. The Balaban J connectivity index is 1.47. The molecule has 0 aliphatic carbocycles. The molecule has 2 aliphatic heterocycles. The van der Waals surface area contributed by atoms with Gasteiger partial charge in [0.2, 0.25) is 5.96 Å². The second-order valence-corrected chi connectivity index (χ2v) is 9.74. The van der Waals surface area contributed by atoms with Crippen molar-refractivity contribution in [2.75, 3.05) is 9.80 Å². The smallest absolute Gasteiger partial charge is 0.335 e. The van der Waals surface area contributed by atoms with Crippen LogP contribution in [-0.4, -0.2) is 26.8 Å². The van der Waals surface area contributed by atoms with Crippen LogP contribution in [0.15, 0.2) is 114 Å². The average Bonchev–Trinajstić information content (AvgIpc) is 3.47. The number of fused-ring (bicyclic) bond motifs is 4. The van der Waals surface area contributed by atoms with Crippen molar-refractivity contribution >= 4 is 29.1 Å². The number of hydrogen-bond acceptors (Lipinski definition) is 5. The van der Waals surface area contributed by atoms with Crippen molar-refractivity contribution in [2.45, 2.75) is 19.5 Å². The highest BCUT2D eigenvalue weighted by Crippen LogP contribution is 2.50. The number of aromatic carboxylic acids is 1. The number of hydrogen-bond donors (Lipinski definition) is 1. The van der Waals surface area contributed by atoms with Crippen molar-refractivity contribution in [1.29, 1.82) is 0 Å². The Bertz CT molecular complexity index is 1730. The third-order valence-corrected chi connectivity index (χ3v) is 7.37. The number of carboxylic acid groups (broad SMARTS) is 1. The Morgan fingerprint density at radius 1 is 0.821 bits per heavy atom. The number of carbonyl (C=O) groups is 1. The molecule has 0 unspecified atom stereocenters. The summed E-state index contributed by atoms with van der Waals surface area (Å²) in [5, 5.41) is 14.5. The minimum absolute atomic E-state index is 0.241. The van der Waals surface area contributed by atoms with Crippen LogP contribution >= 0.6 is 0 Å². The maximum atomic E-state index is 11.6. The van der Waals surface area contributed by atoms with Crippen LogP contribution in [0.5, 0.6) is 0 Å². The molecule has 39 heavy (non-hydrogen) atoms. The van der Waals surface area contributed by atoms with E-state index in [4.69, 9.17) is 10.1 Å². The van der Waals surface area contributed by atoms with E-state index in [1.54, 1.807) is 12.1 Å². The van der Waals surface area contributed by atoms with E-state index >= 15 is 0 Å². The molecule has 190 valence electrons. The number of nitrogens with zero attached hydrogens (tertiary/aromatic N) is 5. The summed E-state index contributed by atoms with van der Waals surface area (Å²) in [5.41, 5.74) is 7.35. The van der Waals surface area contributed by atoms with Crippen molar-refractivity contribution in [3.8, 4) is 5.69 Å². The molecule has 0 radical (unpaired) electrons. The van der Waals surface area contributed by atoms with Crippen LogP contribution in [0.3, 0.4) is 0 Å². The predicted octanol–water partition coefficient (Wildman–Crippen LogP) is 6.50. The van der Waals surface area contributed by atoms with Crippen molar-refractivity contribution < 1.29 is 9.90 Å². The molecule has 4 aromatic carbocycles. The van der Waals surface area contributed by atoms with Gasteiger partial charge in [-0.2, -0.15) is 10.1 Å². The monoisotopic (exact) mass is 511 g/mol. The Morgan fingerprint density at radius 2 is 1.46 bits per heavy atom. The molecule has 5 aromatic rings. The lowest BCUT2D eigenvalue weighted by Gasteiger charge is -2.35. The zero-order valence-electron chi connectivity index (χ0n) is 21.3. The van der Waals surface area contributed by atoms with E-state index in [0.717, 1.165) is 45.7 Å². The van der Waals surface area contributed by atoms with Gasteiger partial charge in [-0.1, -0.05) is 72.8 Å². The molecule has 2 aliphatic rings. The molecule has 0 bridgehead atoms. The molecule has 1 atom stereocenters. The molecule has 0 saturated carbocycles. The maximum absolute atomic E-state index is 11.6. The zero-order chi connectivity index (χ0) is 26.5. The topological polar surface area (TPSA) is 74.0 Å². The zero-order valence-corrected chi connectivity index (χ0v) is 21.3. The van der Waals surface area contributed by atoms with Gasteiger partial charge >= 0.3 is 5.97 Å². The Labute approximate surface area is 225 Å². The van der Waals surface area contributed by atoms with Gasteiger partial charge in [0.15, 0.2) is 5.82 Å². The molecule has 7 rings (SSSR count). The van der Waals surface area contributed by atoms with Gasteiger partial charge in [0.05, 0.1) is 40.9 Å². The van der Waals surface area contributed by atoms with E-state index < -0.39 is 5.97 Å². The Hall–Kier alpha value is -5.17. The van der Waals surface area contributed by atoms with Crippen LogP contribution in [0.1, 0.15) is 38.8 Å². The molecule has 0 spiro atoms. The minimum Gasteiger partial charge on any atom is -0.478 e. The van der Waals surface area contributed by atoms with E-state index in [1.165, 1.54) is 5.56 Å². The fourth-order valence-corrected chi connectivity index (χ4v) is 5.58. The highest BCUT2D eigenvalue weighted by Gasteiger charge is 2.44. The highest BCUT2D eigenvalue weighted by atomic mass is 16.4. The molecule has 0 fully saturated rings. The molecule has 0 amide bonds. The summed E-state index contributed by atoms with van der Waals surface area (Å²) in [5.74, 6) is 0.654. The number of benzene rings is 4. The lowest BCUT2D eigenvalue weighted by atomic mass is 9.94. The molecular formula is C32H25N5O2. The molecule has 1 N–H and O–H groups in total. The highest BCUT2D eigenvalue weighted by molar-refractivity contribution is 6.18. The van der Waals surface area contributed by atoms with Crippen LogP contribution in [0.4, 0.5) is 17.2 Å². The van der Waals surface area contributed by atoms with Gasteiger partial charge in [-0.15, -0.1) is 0 Å². The lowest BCUT2D eigenvalue weighted by Crippen LogP contribution is -2.42. The van der Waals surface area contributed by atoms with Gasteiger partial charge in [-0.25, -0.2) is 9.48 Å². The molecular weight excluding hydrogens is 486 g/mol. The van der Waals surface area contributed by atoms with Gasteiger partial charge in [-0.05, 0) is 54.4 Å². The molecule has 7 nitrogen and oxygen atoms in total. The van der Waals surface area contributed by atoms with E-state index in [2.05, 4.69) is 52.3 Å². The number of aliphatic imine (C=N–C) groups is 1.